The van der Waals surface area contributed by atoms with Crippen molar-refractivity contribution in [2.24, 2.45) is 10.4 Å². The minimum Gasteiger partial charge on any atom is -0.494 e. The van der Waals surface area contributed by atoms with Crippen LogP contribution < -0.4 is 16.1 Å². The number of nitrogens with one attached hydrogen (secondary N) is 1. The van der Waals surface area contributed by atoms with Gasteiger partial charge in [-0.05, 0) is 49.9 Å². The molecule has 0 bridgehead atoms. The first kappa shape index (κ1) is 23.5. The van der Waals surface area contributed by atoms with Gasteiger partial charge < -0.3 is 10.0 Å². The molecule has 3 aliphatic rings. The minimum atomic E-state index is -1.42. The molecular weight excluding hydrogens is 468 g/mol. The lowest BCUT2D eigenvalue weighted by Gasteiger charge is -2.50. The van der Waals surface area contributed by atoms with E-state index in [9.17, 15) is 29.1 Å². The molecule has 1 aromatic heterocycles. The van der Waals surface area contributed by atoms with E-state index in [0.29, 0.717) is 18.7 Å². The van der Waals surface area contributed by atoms with Crippen LogP contribution in [-0.2, 0) is 22.6 Å². The van der Waals surface area contributed by atoms with Crippen LogP contribution in [0.15, 0.2) is 32.8 Å². The number of hydrogen-bond acceptors (Lipinski definition) is 8. The molecule has 3 aliphatic heterocycles. The van der Waals surface area contributed by atoms with Crippen LogP contribution in [0.3, 0.4) is 0 Å². The molecule has 1 aromatic carbocycles. The fourth-order valence-electron chi connectivity index (χ4n) is 5.71. The molecule has 0 radical (unpaired) electrons. The molecule has 4 heterocycles. The number of benzene rings is 1. The zero-order valence-corrected chi connectivity index (χ0v) is 20.1. The van der Waals surface area contributed by atoms with Crippen LogP contribution in [0, 0.1) is 5.41 Å². The Bertz CT molecular complexity index is 1430. The number of barbiturate groups is 1. The summed E-state index contributed by atoms with van der Waals surface area (Å²) in [6, 6.07) is 4.34. The van der Waals surface area contributed by atoms with E-state index >= 15 is 0 Å². The fourth-order valence-corrected chi connectivity index (χ4v) is 5.71. The van der Waals surface area contributed by atoms with Crippen molar-refractivity contribution in [1.29, 1.82) is 0 Å². The van der Waals surface area contributed by atoms with E-state index in [2.05, 4.69) is 14.9 Å². The predicted octanol–water partition coefficient (Wildman–Crippen LogP) is 0.574. The normalized spacial score (nSPS) is 21.0. The smallest absolute Gasteiger partial charge is 0.332 e. The number of nitrogens with zero attached hydrogens (tertiary/aromatic N) is 5. The Kier molecular flexibility index (Phi) is 5.34. The van der Waals surface area contributed by atoms with E-state index in [-0.39, 0.29) is 24.6 Å². The molecule has 2 fully saturated rings. The van der Waals surface area contributed by atoms with Crippen molar-refractivity contribution in [3.05, 3.63) is 50.2 Å². The quantitative estimate of drug-likeness (QED) is 0.468. The van der Waals surface area contributed by atoms with E-state index in [4.69, 9.17) is 0 Å². The number of fused-ring (bicyclic) bond motifs is 4. The van der Waals surface area contributed by atoms with E-state index < -0.39 is 40.4 Å². The van der Waals surface area contributed by atoms with E-state index in [1.165, 1.54) is 20.3 Å². The fraction of sp³-hybridized carbons (Fsp3) is 0.417. The van der Waals surface area contributed by atoms with Crippen molar-refractivity contribution in [2.45, 2.75) is 38.8 Å². The maximum absolute atomic E-state index is 13.5. The Morgan fingerprint density at radius 1 is 1.14 bits per heavy atom. The third-order valence-electron chi connectivity index (χ3n) is 7.48. The molecule has 5 rings (SSSR count). The number of carbonyl (C=O) groups is 3. The van der Waals surface area contributed by atoms with Gasteiger partial charge in [0.1, 0.15) is 5.56 Å². The molecule has 1 spiro atoms. The highest BCUT2D eigenvalue weighted by atomic mass is 16.3. The number of aromatic hydroxyl groups is 1. The summed E-state index contributed by atoms with van der Waals surface area (Å²) in [4.78, 5) is 74.0. The standard InChI is InChI=1S/C24H26N6O6/c1-4-29-19(32)15(18(31)26-22(29)35)12-25-14-7-8-16-13(10-14)11-24(17-6-5-9-30(16)17)20(33)27(2)23(36)28(3)21(24)34/h7-8,10,12,17,32H,4-6,9,11H2,1-3H3,(H,26,31,35)/t17-/m1/s1. The Balaban J connectivity index is 1.58. The number of imide groups is 2. The molecule has 12 nitrogen and oxygen atoms in total. The molecule has 2 N–H and O–H groups in total. The zero-order chi connectivity index (χ0) is 25.9. The Morgan fingerprint density at radius 3 is 2.50 bits per heavy atom. The van der Waals surface area contributed by atoms with E-state index in [1.54, 1.807) is 19.1 Å². The lowest BCUT2D eigenvalue weighted by atomic mass is 9.68. The van der Waals surface area contributed by atoms with Gasteiger partial charge in [-0.25, -0.2) is 9.59 Å². The topological polar surface area (TPSA) is 148 Å². The van der Waals surface area contributed by atoms with Crippen molar-refractivity contribution in [3.63, 3.8) is 0 Å². The Hall–Kier alpha value is -4.22. The number of hydrogen-bond donors (Lipinski definition) is 2. The number of urea groups is 1. The van der Waals surface area contributed by atoms with Crippen LogP contribution in [0.25, 0.3) is 0 Å². The molecule has 4 amide bonds. The van der Waals surface area contributed by atoms with Crippen LogP contribution in [0.4, 0.5) is 16.2 Å². The Labute approximate surface area is 205 Å². The van der Waals surface area contributed by atoms with Gasteiger partial charge in [-0.1, -0.05) is 0 Å². The maximum atomic E-state index is 13.5. The highest BCUT2D eigenvalue weighted by Crippen LogP contribution is 2.49. The molecule has 188 valence electrons. The molecule has 1 atom stereocenters. The van der Waals surface area contributed by atoms with Crippen molar-refractivity contribution in [2.75, 3.05) is 25.5 Å². The number of carbonyl (C=O) groups excluding carboxylic acids is 3. The SMILES string of the molecule is CCn1c(O)c(C=Nc2ccc3c(c2)CC2(C(=O)N(C)C(=O)N(C)C2=O)[C@H]2CCCN32)c(=O)[nH]c1=O. The molecule has 0 unspecified atom stereocenters. The average molecular weight is 495 g/mol. The van der Waals surface area contributed by atoms with Crippen LogP contribution in [0.2, 0.25) is 0 Å². The highest BCUT2D eigenvalue weighted by molar-refractivity contribution is 6.20. The van der Waals surface area contributed by atoms with Crippen molar-refractivity contribution >= 4 is 35.4 Å². The number of anilines is 1. The van der Waals surface area contributed by atoms with Gasteiger partial charge in [-0.2, -0.15) is 0 Å². The first-order valence-corrected chi connectivity index (χ1v) is 11.7. The van der Waals surface area contributed by atoms with Crippen molar-refractivity contribution in [3.8, 4) is 5.88 Å². The van der Waals surface area contributed by atoms with Gasteiger partial charge in [-0.15, -0.1) is 0 Å². The number of H-pyrrole nitrogens is 1. The minimum absolute atomic E-state index is 0.110. The second kappa shape index (κ2) is 8.18. The number of aliphatic imine (C=N–C) groups is 1. The molecule has 12 heteroatoms. The van der Waals surface area contributed by atoms with Gasteiger partial charge in [-0.3, -0.25) is 38.7 Å². The maximum Gasteiger partial charge on any atom is 0.332 e. The summed E-state index contributed by atoms with van der Waals surface area (Å²) in [7, 11) is 2.79. The van der Waals surface area contributed by atoms with Crippen LogP contribution in [0.1, 0.15) is 30.9 Å². The molecule has 36 heavy (non-hydrogen) atoms. The lowest BCUT2D eigenvalue weighted by Crippen LogP contribution is -2.70. The summed E-state index contributed by atoms with van der Waals surface area (Å²) in [5, 5.41) is 10.4. The second-order valence-electron chi connectivity index (χ2n) is 9.32. The second-order valence-corrected chi connectivity index (χ2v) is 9.32. The molecule has 2 aromatic rings. The largest absolute Gasteiger partial charge is 0.494 e. The number of aromatic amines is 1. The van der Waals surface area contributed by atoms with Crippen LogP contribution in [0.5, 0.6) is 5.88 Å². The first-order chi connectivity index (χ1) is 17.1. The van der Waals surface area contributed by atoms with Crippen LogP contribution >= 0.6 is 0 Å². The van der Waals surface area contributed by atoms with Gasteiger partial charge in [0.15, 0.2) is 5.41 Å². The van der Waals surface area contributed by atoms with E-state index in [1.807, 2.05) is 6.07 Å². The number of amides is 4. The summed E-state index contributed by atoms with van der Waals surface area (Å²) in [6.45, 7) is 2.49. The summed E-state index contributed by atoms with van der Waals surface area (Å²) in [5.74, 6) is -1.50. The summed E-state index contributed by atoms with van der Waals surface area (Å²) >= 11 is 0. The third kappa shape index (κ3) is 3.13. The number of aromatic nitrogens is 2. The molecule has 0 aliphatic carbocycles. The summed E-state index contributed by atoms with van der Waals surface area (Å²) in [6.07, 6.45) is 2.75. The lowest BCUT2D eigenvalue weighted by molar-refractivity contribution is -0.159. The average Bonchev–Trinajstić information content (AvgIpc) is 3.35. The van der Waals surface area contributed by atoms with Crippen LogP contribution in [-0.4, -0.2) is 75.2 Å². The van der Waals surface area contributed by atoms with Gasteiger partial charge in [0.05, 0.1) is 11.7 Å². The molecule has 0 saturated carbocycles. The summed E-state index contributed by atoms with van der Waals surface area (Å²) in [5.41, 5.74) is -1.02. The molecular formula is C24H26N6O6. The monoisotopic (exact) mass is 494 g/mol. The first-order valence-electron chi connectivity index (χ1n) is 11.7. The zero-order valence-electron chi connectivity index (χ0n) is 20.1. The highest BCUT2D eigenvalue weighted by Gasteiger charge is 2.63. The van der Waals surface area contributed by atoms with E-state index in [0.717, 1.165) is 32.0 Å². The predicted molar refractivity (Wildman–Crippen MR) is 130 cm³/mol. The van der Waals surface area contributed by atoms with Gasteiger partial charge in [0, 0.05) is 39.1 Å². The van der Waals surface area contributed by atoms with Gasteiger partial charge in [0.2, 0.25) is 17.7 Å². The number of rotatable bonds is 3. The Morgan fingerprint density at radius 2 is 1.83 bits per heavy atom. The molecule has 2 saturated heterocycles. The summed E-state index contributed by atoms with van der Waals surface area (Å²) < 4.78 is 1.02. The van der Waals surface area contributed by atoms with Gasteiger partial charge in [0.25, 0.3) is 5.56 Å². The van der Waals surface area contributed by atoms with Crippen molar-refractivity contribution < 1.29 is 19.5 Å². The van der Waals surface area contributed by atoms with Crippen molar-refractivity contribution in [1.82, 2.24) is 19.4 Å². The third-order valence-corrected chi connectivity index (χ3v) is 7.48. The van der Waals surface area contributed by atoms with Gasteiger partial charge >= 0.3 is 11.7 Å².